The van der Waals surface area contributed by atoms with Gasteiger partial charge in [0.25, 0.3) is 0 Å². The van der Waals surface area contributed by atoms with E-state index in [4.69, 9.17) is 0 Å². The Morgan fingerprint density at radius 3 is 2.36 bits per heavy atom. The third kappa shape index (κ3) is 5.79. The molecule has 0 aliphatic rings. The van der Waals surface area contributed by atoms with E-state index in [2.05, 4.69) is 5.32 Å². The predicted octanol–water partition coefficient (Wildman–Crippen LogP) is 3.52. The Kier molecular flexibility index (Phi) is 6.60. The zero-order valence-electron chi connectivity index (χ0n) is 14.1. The van der Waals surface area contributed by atoms with Crippen LogP contribution in [0.2, 0.25) is 0 Å². The molecule has 22 heavy (non-hydrogen) atoms. The summed E-state index contributed by atoms with van der Waals surface area (Å²) in [5.74, 6) is -0.288. The van der Waals surface area contributed by atoms with Gasteiger partial charge in [-0.25, -0.2) is 8.42 Å². The van der Waals surface area contributed by atoms with Gasteiger partial charge in [0.15, 0.2) is 9.84 Å². The number of carbonyl (C=O) groups excluding carboxylic acids is 1. The average Bonchev–Trinajstić information content (AvgIpc) is 2.38. The van der Waals surface area contributed by atoms with Crippen molar-refractivity contribution in [3.8, 4) is 0 Å². The monoisotopic (exact) mass is 325 g/mol. The lowest BCUT2D eigenvalue weighted by Gasteiger charge is -2.16. The second-order valence-corrected chi connectivity index (χ2v) is 8.70. The molecule has 124 valence electrons. The van der Waals surface area contributed by atoms with Crippen LogP contribution >= 0.6 is 0 Å². The number of aryl methyl sites for hydroxylation is 1. The third-order valence-corrected chi connectivity index (χ3v) is 5.11. The van der Waals surface area contributed by atoms with Gasteiger partial charge in [-0.3, -0.25) is 4.79 Å². The van der Waals surface area contributed by atoms with E-state index in [1.54, 1.807) is 0 Å². The Labute approximate surface area is 134 Å². The molecule has 5 heteroatoms. The average molecular weight is 325 g/mol. The van der Waals surface area contributed by atoms with Crippen LogP contribution in [0.15, 0.2) is 18.2 Å². The first-order chi connectivity index (χ1) is 10.1. The van der Waals surface area contributed by atoms with Crippen molar-refractivity contribution in [2.45, 2.75) is 47.0 Å². The van der Waals surface area contributed by atoms with E-state index < -0.39 is 21.5 Å². The minimum absolute atomic E-state index is 0.0584. The van der Waals surface area contributed by atoms with Crippen molar-refractivity contribution in [2.75, 3.05) is 16.8 Å². The summed E-state index contributed by atoms with van der Waals surface area (Å²) in [6.45, 7) is 9.94. The molecule has 0 aliphatic heterocycles. The Balaban J connectivity index is 2.82. The van der Waals surface area contributed by atoms with Crippen LogP contribution in [0.4, 0.5) is 5.69 Å². The van der Waals surface area contributed by atoms with Crippen molar-refractivity contribution in [3.63, 3.8) is 0 Å². The van der Waals surface area contributed by atoms with E-state index in [0.717, 1.165) is 16.8 Å². The maximum absolute atomic E-state index is 12.1. The van der Waals surface area contributed by atoms with Gasteiger partial charge in [0, 0.05) is 5.69 Å². The summed E-state index contributed by atoms with van der Waals surface area (Å²) < 4.78 is 24.0. The Morgan fingerprint density at radius 1 is 1.18 bits per heavy atom. The van der Waals surface area contributed by atoms with Crippen LogP contribution in [-0.4, -0.2) is 25.8 Å². The Hall–Kier alpha value is -1.36. The second-order valence-electron chi connectivity index (χ2n) is 6.52. The predicted molar refractivity (Wildman–Crippen MR) is 92.0 cm³/mol. The standard InChI is InChI=1S/C17H27NO3S/c1-12(2)9-10-22(20,21)11-16(19)18-17-14(5)7-6-8-15(17)13(3)4/h6-8,12-13H,9-11H2,1-5H3,(H,18,19). The van der Waals surface area contributed by atoms with Crippen LogP contribution in [0, 0.1) is 12.8 Å². The highest BCUT2D eigenvalue weighted by atomic mass is 32.2. The molecular formula is C17H27NO3S. The fraction of sp³-hybridized carbons (Fsp3) is 0.588. The van der Waals surface area contributed by atoms with Gasteiger partial charge in [0.05, 0.1) is 5.75 Å². The normalized spacial score (nSPS) is 12.0. The molecular weight excluding hydrogens is 298 g/mol. The van der Waals surface area contributed by atoms with Crippen LogP contribution in [-0.2, 0) is 14.6 Å². The number of amides is 1. The number of benzene rings is 1. The van der Waals surface area contributed by atoms with Crippen LogP contribution in [0.5, 0.6) is 0 Å². The highest BCUT2D eigenvalue weighted by molar-refractivity contribution is 7.92. The molecule has 0 aromatic heterocycles. The fourth-order valence-electron chi connectivity index (χ4n) is 2.21. The van der Waals surface area contributed by atoms with Crippen molar-refractivity contribution in [1.29, 1.82) is 0 Å². The summed E-state index contributed by atoms with van der Waals surface area (Å²) >= 11 is 0. The molecule has 0 fully saturated rings. The first-order valence-corrected chi connectivity index (χ1v) is 9.54. The molecule has 0 saturated heterocycles. The second kappa shape index (κ2) is 7.77. The summed E-state index contributed by atoms with van der Waals surface area (Å²) in [6.07, 6.45) is 0.581. The summed E-state index contributed by atoms with van der Waals surface area (Å²) in [5, 5.41) is 2.79. The van der Waals surface area contributed by atoms with Crippen LogP contribution in [0.3, 0.4) is 0 Å². The molecule has 1 amide bonds. The summed E-state index contributed by atoms with van der Waals surface area (Å²) in [6, 6.07) is 5.81. The highest BCUT2D eigenvalue weighted by Crippen LogP contribution is 2.27. The van der Waals surface area contributed by atoms with E-state index in [-0.39, 0.29) is 11.7 Å². The summed E-state index contributed by atoms with van der Waals surface area (Å²) in [7, 11) is -3.35. The van der Waals surface area contributed by atoms with Gasteiger partial charge < -0.3 is 5.32 Å². The van der Waals surface area contributed by atoms with Crippen LogP contribution in [0.1, 0.15) is 51.2 Å². The van der Waals surface area contributed by atoms with Crippen molar-refractivity contribution in [3.05, 3.63) is 29.3 Å². The topological polar surface area (TPSA) is 63.2 Å². The zero-order chi connectivity index (χ0) is 16.9. The summed E-state index contributed by atoms with van der Waals surface area (Å²) in [4.78, 5) is 12.1. The van der Waals surface area contributed by atoms with Gasteiger partial charge in [-0.15, -0.1) is 0 Å². The lowest BCUT2D eigenvalue weighted by atomic mass is 9.98. The van der Waals surface area contributed by atoms with Gasteiger partial charge in [-0.05, 0) is 36.3 Å². The van der Waals surface area contributed by atoms with Gasteiger partial charge in [-0.2, -0.15) is 0 Å². The van der Waals surface area contributed by atoms with Gasteiger partial charge in [0.1, 0.15) is 5.75 Å². The van der Waals surface area contributed by atoms with E-state index >= 15 is 0 Å². The largest absolute Gasteiger partial charge is 0.325 e. The van der Waals surface area contributed by atoms with Crippen LogP contribution < -0.4 is 5.32 Å². The lowest BCUT2D eigenvalue weighted by molar-refractivity contribution is -0.113. The smallest absolute Gasteiger partial charge is 0.239 e. The fourth-order valence-corrected chi connectivity index (χ4v) is 3.65. The van der Waals surface area contributed by atoms with E-state index in [9.17, 15) is 13.2 Å². The van der Waals surface area contributed by atoms with Crippen molar-refractivity contribution in [2.24, 2.45) is 5.92 Å². The van der Waals surface area contributed by atoms with E-state index in [1.165, 1.54) is 0 Å². The number of anilines is 1. The molecule has 0 saturated carbocycles. The number of sulfone groups is 1. The third-order valence-electron chi connectivity index (χ3n) is 3.55. The number of carbonyl (C=O) groups is 1. The lowest BCUT2D eigenvalue weighted by Crippen LogP contribution is -2.26. The molecule has 1 N–H and O–H groups in total. The molecule has 0 unspecified atom stereocenters. The zero-order valence-corrected chi connectivity index (χ0v) is 15.0. The maximum Gasteiger partial charge on any atom is 0.239 e. The Morgan fingerprint density at radius 2 is 1.82 bits per heavy atom. The number of hydrogen-bond acceptors (Lipinski definition) is 3. The van der Waals surface area contributed by atoms with Gasteiger partial charge in [-0.1, -0.05) is 45.9 Å². The number of para-hydroxylation sites is 1. The van der Waals surface area contributed by atoms with Crippen molar-refractivity contribution < 1.29 is 13.2 Å². The maximum atomic E-state index is 12.1. The molecule has 0 spiro atoms. The van der Waals surface area contributed by atoms with E-state index in [0.29, 0.717) is 12.3 Å². The first kappa shape index (κ1) is 18.7. The minimum atomic E-state index is -3.35. The number of hydrogen-bond donors (Lipinski definition) is 1. The van der Waals surface area contributed by atoms with Crippen molar-refractivity contribution >= 4 is 21.4 Å². The molecule has 0 radical (unpaired) electrons. The summed E-state index contributed by atoms with van der Waals surface area (Å²) in [5.41, 5.74) is 2.70. The first-order valence-electron chi connectivity index (χ1n) is 7.72. The minimum Gasteiger partial charge on any atom is -0.325 e. The molecule has 0 bridgehead atoms. The number of rotatable bonds is 7. The molecule has 1 aromatic rings. The molecule has 1 aromatic carbocycles. The molecule has 1 rings (SSSR count). The van der Waals surface area contributed by atoms with Gasteiger partial charge in [0.2, 0.25) is 5.91 Å². The van der Waals surface area contributed by atoms with Crippen LogP contribution in [0.25, 0.3) is 0 Å². The highest BCUT2D eigenvalue weighted by Gasteiger charge is 2.19. The quantitative estimate of drug-likeness (QED) is 0.834. The SMILES string of the molecule is Cc1cccc(C(C)C)c1NC(=O)CS(=O)(=O)CCC(C)C. The number of nitrogens with one attached hydrogen (secondary N) is 1. The Bertz CT molecular complexity index is 619. The van der Waals surface area contributed by atoms with Gasteiger partial charge >= 0.3 is 0 Å². The molecule has 0 heterocycles. The molecule has 0 atom stereocenters. The van der Waals surface area contributed by atoms with Crippen molar-refractivity contribution in [1.82, 2.24) is 0 Å². The molecule has 4 nitrogen and oxygen atoms in total. The molecule has 0 aliphatic carbocycles. The van der Waals surface area contributed by atoms with E-state index in [1.807, 2.05) is 52.8 Å².